The Morgan fingerprint density at radius 2 is 1.93 bits per heavy atom. The minimum absolute atomic E-state index is 0.0548. The first-order valence-corrected chi connectivity index (χ1v) is 9.07. The Morgan fingerprint density at radius 1 is 1.17 bits per heavy atom. The van der Waals surface area contributed by atoms with Crippen molar-refractivity contribution in [1.29, 1.82) is 0 Å². The molecule has 4 rings (SSSR count). The van der Waals surface area contributed by atoms with Gasteiger partial charge in [0, 0.05) is 11.1 Å². The molecule has 1 saturated heterocycles. The standard InChI is InChI=1S/C21H19N3O5/c1-13-9-14(12-25)3-8-18(13)28-17-10-24(11-17)21(26)20-23-22-19(29-20)15-4-6-16(27-2)7-5-15/h3-9,12,17H,10-11H2,1-2H3. The minimum Gasteiger partial charge on any atom is -0.497 e. The van der Waals surface area contributed by atoms with Gasteiger partial charge in [0.1, 0.15) is 23.9 Å². The molecule has 1 amide bonds. The van der Waals surface area contributed by atoms with E-state index in [4.69, 9.17) is 13.9 Å². The van der Waals surface area contributed by atoms with Crippen LogP contribution in [0.1, 0.15) is 26.6 Å². The number of rotatable bonds is 6. The topological polar surface area (TPSA) is 94.8 Å². The maximum Gasteiger partial charge on any atom is 0.311 e. The van der Waals surface area contributed by atoms with E-state index in [1.807, 2.05) is 6.92 Å². The summed E-state index contributed by atoms with van der Waals surface area (Å²) < 4.78 is 16.6. The molecule has 0 unspecified atom stereocenters. The Morgan fingerprint density at radius 3 is 2.59 bits per heavy atom. The number of hydrogen-bond donors (Lipinski definition) is 0. The molecule has 0 N–H and O–H groups in total. The van der Waals surface area contributed by atoms with E-state index in [0.29, 0.717) is 35.7 Å². The summed E-state index contributed by atoms with van der Waals surface area (Å²) in [7, 11) is 1.59. The molecule has 0 radical (unpaired) electrons. The summed E-state index contributed by atoms with van der Waals surface area (Å²) in [6.07, 6.45) is 0.675. The second-order valence-corrected chi connectivity index (χ2v) is 6.73. The lowest BCUT2D eigenvalue weighted by Crippen LogP contribution is -2.56. The van der Waals surface area contributed by atoms with E-state index in [-0.39, 0.29) is 23.8 Å². The lowest BCUT2D eigenvalue weighted by atomic mass is 10.1. The zero-order valence-electron chi connectivity index (χ0n) is 16.0. The van der Waals surface area contributed by atoms with Crippen molar-refractivity contribution in [3.8, 4) is 23.0 Å². The number of aryl methyl sites for hydroxylation is 1. The first-order valence-electron chi connectivity index (χ1n) is 9.07. The summed E-state index contributed by atoms with van der Waals surface area (Å²) in [5.74, 6) is 1.31. The minimum atomic E-state index is -0.329. The van der Waals surface area contributed by atoms with Crippen LogP contribution in [-0.2, 0) is 0 Å². The molecular weight excluding hydrogens is 374 g/mol. The van der Waals surface area contributed by atoms with Crippen molar-refractivity contribution in [2.24, 2.45) is 0 Å². The average molecular weight is 393 g/mol. The van der Waals surface area contributed by atoms with E-state index in [9.17, 15) is 9.59 Å². The third kappa shape index (κ3) is 3.82. The van der Waals surface area contributed by atoms with Gasteiger partial charge in [-0.1, -0.05) is 0 Å². The van der Waals surface area contributed by atoms with Gasteiger partial charge in [-0.25, -0.2) is 0 Å². The Balaban J connectivity index is 1.36. The fraction of sp³-hybridized carbons (Fsp3) is 0.238. The van der Waals surface area contributed by atoms with Crippen molar-refractivity contribution in [2.75, 3.05) is 20.2 Å². The second kappa shape index (κ2) is 7.75. The summed E-state index contributed by atoms with van der Waals surface area (Å²) in [5, 5.41) is 7.82. The Bertz CT molecular complexity index is 1040. The van der Waals surface area contributed by atoms with Crippen LogP contribution in [0, 0.1) is 6.92 Å². The van der Waals surface area contributed by atoms with Gasteiger partial charge in [-0.05, 0) is 55.0 Å². The predicted octanol–water partition coefficient (Wildman–Crippen LogP) is 2.77. The molecule has 0 bridgehead atoms. The van der Waals surface area contributed by atoms with Gasteiger partial charge in [-0.15, -0.1) is 10.2 Å². The Hall–Kier alpha value is -3.68. The number of likely N-dealkylation sites (tertiary alicyclic amines) is 1. The number of methoxy groups -OCH3 is 1. The molecule has 148 valence electrons. The highest BCUT2D eigenvalue weighted by Gasteiger charge is 2.35. The molecular formula is C21H19N3O5. The smallest absolute Gasteiger partial charge is 0.311 e. The van der Waals surface area contributed by atoms with Gasteiger partial charge in [0.15, 0.2) is 0 Å². The third-order valence-electron chi connectivity index (χ3n) is 4.71. The van der Waals surface area contributed by atoms with E-state index in [0.717, 1.165) is 11.8 Å². The van der Waals surface area contributed by atoms with Gasteiger partial charge in [0.2, 0.25) is 5.89 Å². The van der Waals surface area contributed by atoms with Gasteiger partial charge in [0.25, 0.3) is 0 Å². The van der Waals surface area contributed by atoms with Gasteiger partial charge >= 0.3 is 11.8 Å². The van der Waals surface area contributed by atoms with E-state index in [1.165, 1.54) is 0 Å². The molecule has 8 nitrogen and oxygen atoms in total. The molecule has 1 aliphatic heterocycles. The maximum atomic E-state index is 12.5. The van der Waals surface area contributed by atoms with Crippen molar-refractivity contribution in [3.63, 3.8) is 0 Å². The zero-order valence-corrected chi connectivity index (χ0v) is 16.0. The van der Waals surface area contributed by atoms with Gasteiger partial charge in [-0.2, -0.15) is 0 Å². The van der Waals surface area contributed by atoms with Crippen LogP contribution in [0.3, 0.4) is 0 Å². The van der Waals surface area contributed by atoms with E-state index >= 15 is 0 Å². The molecule has 8 heteroatoms. The molecule has 3 aromatic rings. The summed E-state index contributed by atoms with van der Waals surface area (Å²) in [6.45, 7) is 2.73. The van der Waals surface area contributed by atoms with E-state index < -0.39 is 0 Å². The highest BCUT2D eigenvalue weighted by atomic mass is 16.5. The first kappa shape index (κ1) is 18.7. The van der Waals surface area contributed by atoms with E-state index in [1.54, 1.807) is 54.5 Å². The number of amides is 1. The van der Waals surface area contributed by atoms with Gasteiger partial charge in [0.05, 0.1) is 20.2 Å². The number of hydrogen-bond acceptors (Lipinski definition) is 7. The van der Waals surface area contributed by atoms with E-state index in [2.05, 4.69) is 10.2 Å². The highest BCUT2D eigenvalue weighted by Crippen LogP contribution is 2.25. The molecule has 2 aromatic carbocycles. The van der Waals surface area contributed by atoms with Crippen molar-refractivity contribution in [1.82, 2.24) is 15.1 Å². The van der Waals surface area contributed by atoms with Gasteiger partial charge < -0.3 is 18.8 Å². The number of aromatic nitrogens is 2. The fourth-order valence-corrected chi connectivity index (χ4v) is 3.03. The normalized spacial score (nSPS) is 13.7. The summed E-state index contributed by atoms with van der Waals surface area (Å²) in [4.78, 5) is 24.9. The largest absolute Gasteiger partial charge is 0.497 e. The highest BCUT2D eigenvalue weighted by molar-refractivity contribution is 5.90. The predicted molar refractivity (Wildman–Crippen MR) is 103 cm³/mol. The summed E-state index contributed by atoms with van der Waals surface area (Å²) in [5.41, 5.74) is 2.18. The number of aldehydes is 1. The Kier molecular flexibility index (Phi) is 4.99. The number of nitrogens with zero attached hydrogens (tertiary/aromatic N) is 3. The molecule has 0 aliphatic carbocycles. The molecule has 0 saturated carbocycles. The Labute approximate surface area is 167 Å². The van der Waals surface area contributed by atoms with Crippen molar-refractivity contribution >= 4 is 12.2 Å². The van der Waals surface area contributed by atoms with Crippen LogP contribution in [0.15, 0.2) is 46.9 Å². The summed E-state index contributed by atoms with van der Waals surface area (Å²) >= 11 is 0. The monoisotopic (exact) mass is 393 g/mol. The third-order valence-corrected chi connectivity index (χ3v) is 4.71. The average Bonchev–Trinajstić information content (AvgIpc) is 3.21. The molecule has 29 heavy (non-hydrogen) atoms. The van der Waals surface area contributed by atoms with Crippen molar-refractivity contribution < 1.29 is 23.5 Å². The van der Waals surface area contributed by atoms with Crippen LogP contribution in [0.5, 0.6) is 11.5 Å². The number of carbonyl (C=O) groups is 2. The van der Waals surface area contributed by atoms with Crippen molar-refractivity contribution in [3.05, 3.63) is 59.5 Å². The van der Waals surface area contributed by atoms with Crippen LogP contribution in [0.2, 0.25) is 0 Å². The molecule has 0 atom stereocenters. The van der Waals surface area contributed by atoms with Crippen LogP contribution < -0.4 is 9.47 Å². The first-order chi connectivity index (χ1) is 14.1. The van der Waals surface area contributed by atoms with Crippen LogP contribution >= 0.6 is 0 Å². The summed E-state index contributed by atoms with van der Waals surface area (Å²) in [6, 6.07) is 12.4. The number of ether oxygens (including phenoxy) is 2. The maximum absolute atomic E-state index is 12.5. The second-order valence-electron chi connectivity index (χ2n) is 6.73. The lowest BCUT2D eigenvalue weighted by Gasteiger charge is -2.38. The molecule has 2 heterocycles. The van der Waals surface area contributed by atoms with Crippen LogP contribution in [-0.4, -0.2) is 53.6 Å². The fourth-order valence-electron chi connectivity index (χ4n) is 3.03. The van der Waals surface area contributed by atoms with Crippen LogP contribution in [0.4, 0.5) is 0 Å². The molecule has 1 fully saturated rings. The van der Waals surface area contributed by atoms with Crippen LogP contribution in [0.25, 0.3) is 11.5 Å². The molecule has 1 aliphatic rings. The SMILES string of the molecule is COc1ccc(-c2nnc(C(=O)N3CC(Oc4ccc(C=O)cc4C)C3)o2)cc1. The molecule has 1 aromatic heterocycles. The number of carbonyl (C=O) groups excluding carboxylic acids is 2. The van der Waals surface area contributed by atoms with Crippen molar-refractivity contribution in [2.45, 2.75) is 13.0 Å². The zero-order chi connectivity index (χ0) is 20.4. The van der Waals surface area contributed by atoms with Gasteiger partial charge in [-0.3, -0.25) is 9.59 Å². The molecule has 0 spiro atoms. The lowest BCUT2D eigenvalue weighted by molar-refractivity contribution is 0.0147. The quantitative estimate of drug-likeness (QED) is 0.594. The number of benzene rings is 2.